The second kappa shape index (κ2) is 6.60. The van der Waals surface area contributed by atoms with Crippen LogP contribution in [0.15, 0.2) is 16.5 Å². The molecule has 1 aromatic heterocycles. The van der Waals surface area contributed by atoms with Gasteiger partial charge >= 0.3 is 5.88 Å². The van der Waals surface area contributed by atoms with Gasteiger partial charge in [0.25, 0.3) is 5.91 Å². The van der Waals surface area contributed by atoms with Gasteiger partial charge in [0.2, 0.25) is 0 Å². The van der Waals surface area contributed by atoms with Crippen LogP contribution in [0, 0.1) is 10.1 Å². The maximum atomic E-state index is 11.6. The number of hydrogen-bond donors (Lipinski definition) is 1. The Labute approximate surface area is 115 Å². The molecule has 0 spiro atoms. The molecule has 1 aromatic rings. The number of nitrogens with zero attached hydrogens (tertiary/aromatic N) is 1. The number of hydrogen-bond acceptors (Lipinski definition) is 5. The topological polar surface area (TPSA) is 85.4 Å². The molecule has 0 aliphatic heterocycles. The highest BCUT2D eigenvalue weighted by molar-refractivity contribution is 7.99. The van der Waals surface area contributed by atoms with Gasteiger partial charge in [-0.25, -0.2) is 0 Å². The summed E-state index contributed by atoms with van der Waals surface area (Å²) in [6.07, 6.45) is 5.15. The van der Waals surface area contributed by atoms with Gasteiger partial charge in [-0.1, -0.05) is 12.8 Å². The van der Waals surface area contributed by atoms with Crippen molar-refractivity contribution in [3.05, 3.63) is 28.0 Å². The summed E-state index contributed by atoms with van der Waals surface area (Å²) in [6.45, 7) is 0.550. The first-order valence-corrected chi connectivity index (χ1v) is 7.35. The Morgan fingerprint density at radius 3 is 2.84 bits per heavy atom. The van der Waals surface area contributed by atoms with Gasteiger partial charge in [0.1, 0.15) is 4.92 Å². The van der Waals surface area contributed by atoms with Crippen molar-refractivity contribution < 1.29 is 14.1 Å². The zero-order valence-electron chi connectivity index (χ0n) is 10.5. The molecular weight excluding hydrogens is 268 g/mol. The largest absolute Gasteiger partial charge is 0.433 e. The molecule has 1 saturated carbocycles. The van der Waals surface area contributed by atoms with Crippen molar-refractivity contribution in [2.45, 2.75) is 30.9 Å². The molecule has 0 bridgehead atoms. The lowest BCUT2D eigenvalue weighted by Gasteiger charge is -2.08. The highest BCUT2D eigenvalue weighted by atomic mass is 32.2. The van der Waals surface area contributed by atoms with E-state index in [1.807, 2.05) is 11.8 Å². The third-order valence-corrected chi connectivity index (χ3v) is 4.42. The number of furan rings is 1. The van der Waals surface area contributed by atoms with E-state index in [-0.39, 0.29) is 5.76 Å². The highest BCUT2D eigenvalue weighted by Crippen LogP contribution is 2.28. The van der Waals surface area contributed by atoms with Gasteiger partial charge in [0.05, 0.1) is 6.07 Å². The molecule has 1 amide bonds. The van der Waals surface area contributed by atoms with E-state index in [4.69, 9.17) is 4.42 Å². The first-order chi connectivity index (χ1) is 9.16. The highest BCUT2D eigenvalue weighted by Gasteiger charge is 2.17. The van der Waals surface area contributed by atoms with Crippen LogP contribution in [0.4, 0.5) is 5.88 Å². The Morgan fingerprint density at radius 2 is 2.21 bits per heavy atom. The zero-order valence-corrected chi connectivity index (χ0v) is 11.3. The number of carbonyl (C=O) groups is 1. The molecule has 1 aliphatic rings. The minimum atomic E-state index is -0.660. The third kappa shape index (κ3) is 3.99. The van der Waals surface area contributed by atoms with Crippen molar-refractivity contribution in [3.8, 4) is 0 Å². The second-order valence-electron chi connectivity index (χ2n) is 4.43. The molecule has 0 aromatic carbocycles. The molecule has 104 valence electrons. The molecule has 19 heavy (non-hydrogen) atoms. The summed E-state index contributed by atoms with van der Waals surface area (Å²) in [4.78, 5) is 21.4. The van der Waals surface area contributed by atoms with E-state index in [2.05, 4.69) is 5.32 Å². The van der Waals surface area contributed by atoms with Crippen LogP contribution in [0.3, 0.4) is 0 Å². The fraction of sp³-hybridized carbons (Fsp3) is 0.583. The van der Waals surface area contributed by atoms with E-state index in [1.165, 1.54) is 37.8 Å². The van der Waals surface area contributed by atoms with Crippen LogP contribution in [0.2, 0.25) is 0 Å². The predicted octanol–water partition coefficient (Wildman–Crippen LogP) is 2.59. The van der Waals surface area contributed by atoms with Gasteiger partial charge in [0.15, 0.2) is 5.76 Å². The fourth-order valence-corrected chi connectivity index (χ4v) is 3.30. The first kappa shape index (κ1) is 13.9. The summed E-state index contributed by atoms with van der Waals surface area (Å²) < 4.78 is 4.82. The molecule has 0 radical (unpaired) electrons. The van der Waals surface area contributed by atoms with E-state index >= 15 is 0 Å². The van der Waals surface area contributed by atoms with E-state index in [0.29, 0.717) is 6.54 Å². The van der Waals surface area contributed by atoms with Crippen molar-refractivity contribution in [2.75, 3.05) is 12.3 Å². The summed E-state index contributed by atoms with van der Waals surface area (Å²) >= 11 is 1.88. The summed E-state index contributed by atoms with van der Waals surface area (Å²) in [5.41, 5.74) is 0. The first-order valence-electron chi connectivity index (χ1n) is 6.31. The lowest BCUT2D eigenvalue weighted by Crippen LogP contribution is -2.25. The SMILES string of the molecule is O=C(NCCSC1CCCC1)c1ccc([N+](=O)[O-])o1. The molecule has 0 atom stereocenters. The van der Waals surface area contributed by atoms with E-state index in [9.17, 15) is 14.9 Å². The standard InChI is InChI=1S/C12H16N2O4S/c15-12(10-5-6-11(18-10)14(16)17)13-7-8-19-9-3-1-2-4-9/h5-6,9H,1-4,7-8H2,(H,13,15). The molecule has 6 nitrogen and oxygen atoms in total. The Bertz CT molecular complexity index is 454. The van der Waals surface area contributed by atoms with Crippen LogP contribution in [-0.2, 0) is 0 Å². The lowest BCUT2D eigenvalue weighted by atomic mass is 10.4. The quantitative estimate of drug-likeness (QED) is 0.493. The molecule has 7 heteroatoms. The van der Waals surface area contributed by atoms with Crippen molar-refractivity contribution in [1.82, 2.24) is 5.32 Å². The Hall–Kier alpha value is -1.50. The Morgan fingerprint density at radius 1 is 1.47 bits per heavy atom. The summed E-state index contributed by atoms with van der Waals surface area (Å²) in [6, 6.07) is 2.50. The van der Waals surface area contributed by atoms with Gasteiger partial charge in [0, 0.05) is 17.5 Å². The minimum absolute atomic E-state index is 0.0161. The molecule has 1 heterocycles. The van der Waals surface area contributed by atoms with E-state index in [1.54, 1.807) is 0 Å². The average molecular weight is 284 g/mol. The van der Waals surface area contributed by atoms with Crippen LogP contribution in [-0.4, -0.2) is 28.4 Å². The van der Waals surface area contributed by atoms with Gasteiger partial charge in [-0.15, -0.1) is 0 Å². The van der Waals surface area contributed by atoms with Crippen LogP contribution < -0.4 is 5.32 Å². The third-order valence-electron chi connectivity index (χ3n) is 3.04. The minimum Gasteiger partial charge on any atom is -0.395 e. The lowest BCUT2D eigenvalue weighted by molar-refractivity contribution is -0.402. The number of carbonyl (C=O) groups excluding carboxylic acids is 1. The van der Waals surface area contributed by atoms with E-state index in [0.717, 1.165) is 11.0 Å². The molecule has 0 saturated heterocycles. The maximum Gasteiger partial charge on any atom is 0.433 e. The smallest absolute Gasteiger partial charge is 0.395 e. The molecule has 1 aliphatic carbocycles. The monoisotopic (exact) mass is 284 g/mol. The van der Waals surface area contributed by atoms with Crippen molar-refractivity contribution in [1.29, 1.82) is 0 Å². The van der Waals surface area contributed by atoms with Gasteiger partial charge < -0.3 is 9.73 Å². The predicted molar refractivity (Wildman–Crippen MR) is 72.4 cm³/mol. The van der Waals surface area contributed by atoms with Gasteiger partial charge in [-0.3, -0.25) is 14.9 Å². The summed E-state index contributed by atoms with van der Waals surface area (Å²) in [5.74, 6) is 0.0299. The van der Waals surface area contributed by atoms with E-state index < -0.39 is 16.7 Å². The van der Waals surface area contributed by atoms with Crippen LogP contribution in [0.5, 0.6) is 0 Å². The summed E-state index contributed by atoms with van der Waals surface area (Å²) in [7, 11) is 0. The number of thioether (sulfide) groups is 1. The summed E-state index contributed by atoms with van der Waals surface area (Å²) in [5, 5.41) is 13.8. The maximum absolute atomic E-state index is 11.6. The normalized spacial score (nSPS) is 15.6. The average Bonchev–Trinajstić information content (AvgIpc) is 3.05. The Kier molecular flexibility index (Phi) is 4.84. The van der Waals surface area contributed by atoms with Crippen LogP contribution in [0.1, 0.15) is 36.2 Å². The number of amides is 1. The Balaban J connectivity index is 1.69. The van der Waals surface area contributed by atoms with Crippen LogP contribution >= 0.6 is 11.8 Å². The van der Waals surface area contributed by atoms with Crippen molar-refractivity contribution in [2.24, 2.45) is 0 Å². The van der Waals surface area contributed by atoms with Crippen LogP contribution in [0.25, 0.3) is 0 Å². The van der Waals surface area contributed by atoms with Crippen molar-refractivity contribution >= 4 is 23.6 Å². The fourth-order valence-electron chi connectivity index (χ4n) is 2.08. The molecular formula is C12H16N2O4S. The van der Waals surface area contributed by atoms with Gasteiger partial charge in [-0.05, 0) is 18.9 Å². The molecule has 2 rings (SSSR count). The second-order valence-corrected chi connectivity index (χ2v) is 5.84. The molecule has 1 fully saturated rings. The van der Waals surface area contributed by atoms with Crippen molar-refractivity contribution in [3.63, 3.8) is 0 Å². The molecule has 1 N–H and O–H groups in total. The molecule has 0 unspecified atom stereocenters. The number of nitro groups is 1. The zero-order chi connectivity index (χ0) is 13.7. The van der Waals surface area contributed by atoms with Gasteiger partial charge in [-0.2, -0.15) is 11.8 Å². The number of rotatable bonds is 6. The number of nitrogens with one attached hydrogen (secondary N) is 1.